The van der Waals surface area contributed by atoms with Gasteiger partial charge >= 0.3 is 0 Å². The van der Waals surface area contributed by atoms with Crippen molar-refractivity contribution in [1.29, 1.82) is 0 Å². The van der Waals surface area contributed by atoms with Gasteiger partial charge in [-0.3, -0.25) is 14.4 Å². The lowest BCUT2D eigenvalue weighted by molar-refractivity contribution is 0.0938. The van der Waals surface area contributed by atoms with Crippen LogP contribution in [0, 0.1) is 6.92 Å². The van der Waals surface area contributed by atoms with Gasteiger partial charge in [0.25, 0.3) is 5.91 Å². The van der Waals surface area contributed by atoms with Crippen molar-refractivity contribution >= 4 is 17.5 Å². The number of aryl methyl sites for hydroxylation is 1. The van der Waals surface area contributed by atoms with Crippen molar-refractivity contribution in [2.24, 2.45) is 0 Å². The summed E-state index contributed by atoms with van der Waals surface area (Å²) in [5, 5.41) is 2.88. The Labute approximate surface area is 157 Å². The molecule has 0 bridgehead atoms. The lowest BCUT2D eigenvalue weighted by atomic mass is 9.86. The summed E-state index contributed by atoms with van der Waals surface area (Å²) < 4.78 is 5.55. The average molecular weight is 363 g/mol. The number of fused-ring (bicyclic) bond motifs is 2. The van der Waals surface area contributed by atoms with Crippen LogP contribution in [0.1, 0.15) is 80.3 Å². The van der Waals surface area contributed by atoms with E-state index >= 15 is 0 Å². The average Bonchev–Trinajstić information content (AvgIpc) is 3.04. The molecule has 2 aliphatic rings. The minimum Gasteiger partial charge on any atom is -0.456 e. The summed E-state index contributed by atoms with van der Waals surface area (Å²) >= 11 is 0. The molecule has 0 unspecified atom stereocenters. The van der Waals surface area contributed by atoms with Gasteiger partial charge in [-0.25, -0.2) is 0 Å². The molecule has 0 saturated carbocycles. The van der Waals surface area contributed by atoms with E-state index in [2.05, 4.69) is 11.4 Å². The summed E-state index contributed by atoms with van der Waals surface area (Å²) in [7, 11) is 0. The van der Waals surface area contributed by atoms with Crippen molar-refractivity contribution in [2.75, 3.05) is 6.54 Å². The van der Waals surface area contributed by atoms with Crippen LogP contribution in [0.3, 0.4) is 0 Å². The zero-order valence-corrected chi connectivity index (χ0v) is 15.3. The molecule has 1 N–H and O–H groups in total. The van der Waals surface area contributed by atoms with Gasteiger partial charge in [0.2, 0.25) is 5.78 Å². The van der Waals surface area contributed by atoms with Crippen LogP contribution in [0.15, 0.2) is 40.3 Å². The zero-order chi connectivity index (χ0) is 19.0. The summed E-state index contributed by atoms with van der Waals surface area (Å²) in [4.78, 5) is 38.3. The minimum atomic E-state index is -0.366. The van der Waals surface area contributed by atoms with E-state index in [9.17, 15) is 14.4 Å². The second-order valence-electron chi connectivity index (χ2n) is 7.06. The van der Waals surface area contributed by atoms with Gasteiger partial charge in [-0.15, -0.1) is 0 Å². The van der Waals surface area contributed by atoms with Crippen LogP contribution in [0.4, 0.5) is 0 Å². The first-order chi connectivity index (χ1) is 13.1. The molecular weight excluding hydrogens is 342 g/mol. The first kappa shape index (κ1) is 17.5. The van der Waals surface area contributed by atoms with E-state index in [0.717, 1.165) is 19.3 Å². The summed E-state index contributed by atoms with van der Waals surface area (Å²) in [6.07, 6.45) is 7.67. The predicted octanol–water partition coefficient (Wildman–Crippen LogP) is 3.98. The Balaban J connectivity index is 1.58. The fourth-order valence-electron chi connectivity index (χ4n) is 3.89. The van der Waals surface area contributed by atoms with Crippen molar-refractivity contribution in [2.45, 2.75) is 39.0 Å². The number of carbonyl (C=O) groups excluding carboxylic acids is 3. The molecule has 0 spiro atoms. The summed E-state index contributed by atoms with van der Waals surface area (Å²) in [5.74, 6) is -0.790. The summed E-state index contributed by atoms with van der Waals surface area (Å²) in [5.41, 5.74) is 2.27. The third-order valence-electron chi connectivity index (χ3n) is 5.28. The van der Waals surface area contributed by atoms with Gasteiger partial charge < -0.3 is 9.73 Å². The molecule has 1 heterocycles. The van der Waals surface area contributed by atoms with Crippen molar-refractivity contribution in [3.63, 3.8) is 0 Å². The van der Waals surface area contributed by atoms with Gasteiger partial charge in [-0.2, -0.15) is 0 Å². The molecule has 1 aromatic carbocycles. The third kappa shape index (κ3) is 3.03. The smallest absolute Gasteiger partial charge is 0.255 e. The van der Waals surface area contributed by atoms with E-state index in [-0.39, 0.29) is 34.4 Å². The Morgan fingerprint density at radius 3 is 2.56 bits per heavy atom. The van der Waals surface area contributed by atoms with Crippen LogP contribution in [0.25, 0.3) is 0 Å². The molecule has 5 nitrogen and oxygen atoms in total. The number of furan rings is 1. The number of nitrogens with one attached hydrogen (secondary N) is 1. The number of hydrogen-bond acceptors (Lipinski definition) is 4. The number of allylic oxidation sites excluding steroid dienone is 1. The highest BCUT2D eigenvalue weighted by atomic mass is 16.4. The van der Waals surface area contributed by atoms with Gasteiger partial charge in [-0.05, 0) is 39.0 Å². The van der Waals surface area contributed by atoms with E-state index in [1.807, 2.05) is 0 Å². The van der Waals surface area contributed by atoms with Gasteiger partial charge in [0.15, 0.2) is 11.5 Å². The lowest BCUT2D eigenvalue weighted by Crippen LogP contribution is -2.28. The molecule has 0 saturated heterocycles. The van der Waals surface area contributed by atoms with Crippen LogP contribution in [0.5, 0.6) is 0 Å². The van der Waals surface area contributed by atoms with Crippen LogP contribution in [-0.4, -0.2) is 24.0 Å². The Morgan fingerprint density at radius 2 is 1.85 bits per heavy atom. The molecule has 0 radical (unpaired) electrons. The van der Waals surface area contributed by atoms with Crippen molar-refractivity contribution in [1.82, 2.24) is 5.32 Å². The molecule has 0 atom stereocenters. The Bertz CT molecular complexity index is 980. The number of hydrogen-bond donors (Lipinski definition) is 1. The number of benzene rings is 1. The largest absolute Gasteiger partial charge is 0.456 e. The maximum atomic E-state index is 12.9. The number of rotatable bonds is 4. The van der Waals surface area contributed by atoms with Gasteiger partial charge in [-0.1, -0.05) is 35.9 Å². The Hall–Kier alpha value is -2.95. The zero-order valence-electron chi connectivity index (χ0n) is 15.3. The Morgan fingerprint density at radius 1 is 1.11 bits per heavy atom. The fourth-order valence-corrected chi connectivity index (χ4v) is 3.89. The quantitative estimate of drug-likeness (QED) is 0.711. The normalized spacial score (nSPS) is 15.8. The monoisotopic (exact) mass is 363 g/mol. The standard InChI is InChI=1S/C22H21NO4/c1-13-17(22(26)23-12-11-14-7-3-2-4-8-14)18-19(24)15-9-5-6-10-16(15)20(25)21(18)27-13/h5-7,9-10H,2-4,8,11-12H2,1H3,(H,23,26). The topological polar surface area (TPSA) is 76.4 Å². The molecule has 0 fully saturated rings. The van der Waals surface area contributed by atoms with Gasteiger partial charge in [0.05, 0.1) is 11.1 Å². The summed E-state index contributed by atoms with van der Waals surface area (Å²) in [6, 6.07) is 6.63. The van der Waals surface area contributed by atoms with Gasteiger partial charge in [0, 0.05) is 17.7 Å². The van der Waals surface area contributed by atoms with Crippen molar-refractivity contribution < 1.29 is 18.8 Å². The van der Waals surface area contributed by atoms with E-state index in [1.54, 1.807) is 31.2 Å². The van der Waals surface area contributed by atoms with E-state index in [0.29, 0.717) is 23.4 Å². The highest BCUT2D eigenvalue weighted by Gasteiger charge is 2.38. The van der Waals surface area contributed by atoms with Crippen LogP contribution in [0.2, 0.25) is 0 Å². The van der Waals surface area contributed by atoms with Crippen molar-refractivity contribution in [3.05, 3.63) is 69.7 Å². The van der Waals surface area contributed by atoms with Gasteiger partial charge in [0.1, 0.15) is 5.76 Å². The third-order valence-corrected chi connectivity index (χ3v) is 5.28. The van der Waals surface area contributed by atoms with Crippen LogP contribution < -0.4 is 5.32 Å². The summed E-state index contributed by atoms with van der Waals surface area (Å²) in [6.45, 7) is 2.12. The number of carbonyl (C=O) groups is 3. The number of amides is 1. The molecule has 1 aromatic heterocycles. The highest BCUT2D eigenvalue weighted by molar-refractivity contribution is 6.30. The molecule has 0 aliphatic heterocycles. The van der Waals surface area contributed by atoms with E-state index < -0.39 is 0 Å². The maximum absolute atomic E-state index is 12.9. The second kappa shape index (κ2) is 6.99. The molecule has 2 aromatic rings. The van der Waals surface area contributed by atoms with Crippen molar-refractivity contribution in [3.8, 4) is 0 Å². The SMILES string of the molecule is Cc1oc2c(c1C(=O)NCCC1=CCCCC1)C(=O)c1ccccc1C2=O. The molecule has 27 heavy (non-hydrogen) atoms. The second-order valence-corrected chi connectivity index (χ2v) is 7.06. The number of ketones is 2. The maximum Gasteiger partial charge on any atom is 0.255 e. The molecule has 5 heteroatoms. The first-order valence-corrected chi connectivity index (χ1v) is 9.36. The molecule has 1 amide bonds. The fraction of sp³-hybridized carbons (Fsp3) is 0.318. The predicted molar refractivity (Wildman–Crippen MR) is 100 cm³/mol. The Kier molecular flexibility index (Phi) is 4.52. The van der Waals surface area contributed by atoms with Crippen LogP contribution >= 0.6 is 0 Å². The highest BCUT2D eigenvalue weighted by Crippen LogP contribution is 2.33. The minimum absolute atomic E-state index is 0.0312. The first-order valence-electron chi connectivity index (χ1n) is 9.36. The van der Waals surface area contributed by atoms with E-state index in [1.165, 1.54) is 18.4 Å². The lowest BCUT2D eigenvalue weighted by Gasteiger charge is -2.14. The molecule has 4 rings (SSSR count). The van der Waals surface area contributed by atoms with Crippen LogP contribution in [-0.2, 0) is 0 Å². The van der Waals surface area contributed by atoms with E-state index in [4.69, 9.17) is 4.42 Å². The molecular formula is C22H21NO4. The molecule has 138 valence electrons. The molecule has 2 aliphatic carbocycles.